The van der Waals surface area contributed by atoms with Gasteiger partial charge in [0.25, 0.3) is 0 Å². The molecule has 1 radical (unpaired) electrons. The molecule has 0 aliphatic carbocycles. The van der Waals surface area contributed by atoms with Crippen LogP contribution in [0.4, 0.5) is 0 Å². The van der Waals surface area contributed by atoms with Crippen molar-refractivity contribution in [3.05, 3.63) is 0 Å². The summed E-state index contributed by atoms with van der Waals surface area (Å²) in [6, 6.07) is -0.202. The summed E-state index contributed by atoms with van der Waals surface area (Å²) in [5, 5.41) is 14.8. The Bertz CT molecular complexity index is 1260. The van der Waals surface area contributed by atoms with Crippen LogP contribution in [0.3, 0.4) is 0 Å². The Kier molecular flexibility index (Phi) is 12.5. The molecule has 0 aromatic heterocycles. The molecule has 0 spiro atoms. The third kappa shape index (κ3) is 10.5. The van der Waals surface area contributed by atoms with E-state index < -0.39 is 59.9 Å². The molecule has 4 heterocycles. The molecular formula is C27H49N2O12S3. The number of hydrogen-bond donors (Lipinski definition) is 1. The molecule has 44 heavy (non-hydrogen) atoms. The van der Waals surface area contributed by atoms with Crippen LogP contribution in [0.5, 0.6) is 0 Å². The first kappa shape index (κ1) is 36.4. The molecule has 7 unspecified atom stereocenters. The average Bonchev–Trinajstić information content (AvgIpc) is 2.95. The highest BCUT2D eigenvalue weighted by atomic mass is 32.2. The molecule has 4 aliphatic heterocycles. The molecule has 0 saturated carbocycles. The highest BCUT2D eigenvalue weighted by Gasteiger charge is 2.50. The zero-order chi connectivity index (χ0) is 32.2. The van der Waals surface area contributed by atoms with E-state index in [2.05, 4.69) is 4.72 Å². The van der Waals surface area contributed by atoms with Crippen LogP contribution >= 0.6 is 0 Å². The van der Waals surface area contributed by atoms with Crippen molar-refractivity contribution in [3.8, 4) is 0 Å². The summed E-state index contributed by atoms with van der Waals surface area (Å²) in [6.45, 7) is 1.65. The van der Waals surface area contributed by atoms with Gasteiger partial charge in [-0.15, -0.1) is 0 Å². The lowest BCUT2D eigenvalue weighted by atomic mass is 9.70. The number of hydrogen-bond acceptors (Lipinski definition) is 11. The van der Waals surface area contributed by atoms with Crippen LogP contribution in [0.15, 0.2) is 0 Å². The summed E-state index contributed by atoms with van der Waals surface area (Å²) in [6.07, 6.45) is 5.54. The van der Waals surface area contributed by atoms with Gasteiger partial charge in [0.05, 0.1) is 44.2 Å². The summed E-state index contributed by atoms with van der Waals surface area (Å²) in [4.78, 5) is 0. The molecule has 4 rings (SSSR count). The van der Waals surface area contributed by atoms with E-state index in [0.29, 0.717) is 45.4 Å². The molecular weight excluding hydrogens is 641 g/mol. The fourth-order valence-corrected chi connectivity index (χ4v) is 9.11. The van der Waals surface area contributed by atoms with Gasteiger partial charge in [-0.3, -0.25) is 0 Å². The zero-order valence-electron chi connectivity index (χ0n) is 25.9. The van der Waals surface area contributed by atoms with Crippen molar-refractivity contribution in [1.29, 1.82) is 0 Å². The summed E-state index contributed by atoms with van der Waals surface area (Å²) in [5.41, 5.74) is -1.72. The number of nitrogens with one attached hydrogen (secondary N) is 1. The smallest absolute Gasteiger partial charge is 0.211 e. The Balaban J connectivity index is 1.44. The van der Waals surface area contributed by atoms with Crippen molar-refractivity contribution < 1.29 is 54.0 Å². The second kappa shape index (κ2) is 15.2. The number of piperidine rings is 1. The van der Waals surface area contributed by atoms with Crippen LogP contribution in [0.1, 0.15) is 51.4 Å². The highest BCUT2D eigenvalue weighted by molar-refractivity contribution is 7.90. The van der Waals surface area contributed by atoms with Crippen molar-refractivity contribution in [2.75, 3.05) is 70.6 Å². The SMILES string of the molecule is CS(=O)(=O)CCOC1CC(C([O])(CNS(C)(=O)=O)C2CCOC(OC3CCN(S(C)(=O)=O)C(C4CCOCC4)C3)C2)CCO1. The first-order chi connectivity index (χ1) is 20.5. The summed E-state index contributed by atoms with van der Waals surface area (Å²) in [5.74, 6) is -0.999. The van der Waals surface area contributed by atoms with E-state index in [1.165, 1.54) is 6.26 Å². The molecule has 7 atom stereocenters. The van der Waals surface area contributed by atoms with Crippen LogP contribution in [0.25, 0.3) is 0 Å². The predicted octanol–water partition coefficient (Wildman–Crippen LogP) is 0.507. The lowest BCUT2D eigenvalue weighted by Gasteiger charge is -2.47. The van der Waals surface area contributed by atoms with Gasteiger partial charge in [0.1, 0.15) is 15.4 Å². The fourth-order valence-electron chi connectivity index (χ4n) is 7.04. The van der Waals surface area contributed by atoms with E-state index in [9.17, 15) is 30.4 Å². The molecule has 0 amide bonds. The lowest BCUT2D eigenvalue weighted by molar-refractivity contribution is -0.249. The second-order valence-corrected chi connectivity index (χ2v) is 18.8. The van der Waals surface area contributed by atoms with Gasteiger partial charge >= 0.3 is 0 Å². The Labute approximate surface area is 262 Å². The van der Waals surface area contributed by atoms with E-state index in [-0.39, 0.29) is 63.0 Å². The number of nitrogens with zero attached hydrogens (tertiary/aromatic N) is 1. The Morgan fingerprint density at radius 2 is 1.43 bits per heavy atom. The van der Waals surface area contributed by atoms with Gasteiger partial charge in [0.2, 0.25) is 20.0 Å². The number of rotatable bonds is 13. The second-order valence-electron chi connectivity index (χ2n) is 12.8. The Morgan fingerprint density at radius 3 is 2.02 bits per heavy atom. The summed E-state index contributed by atoms with van der Waals surface area (Å²) < 4.78 is 106. The van der Waals surface area contributed by atoms with Gasteiger partial charge in [-0.25, -0.2) is 35.1 Å². The first-order valence-electron chi connectivity index (χ1n) is 15.4. The molecule has 257 valence electrons. The minimum absolute atomic E-state index is 0.0656. The van der Waals surface area contributed by atoms with E-state index in [4.69, 9.17) is 23.7 Å². The third-order valence-electron chi connectivity index (χ3n) is 9.37. The van der Waals surface area contributed by atoms with E-state index >= 15 is 0 Å². The molecule has 1 N–H and O–H groups in total. The van der Waals surface area contributed by atoms with Crippen molar-refractivity contribution in [3.63, 3.8) is 0 Å². The van der Waals surface area contributed by atoms with Crippen LogP contribution in [-0.4, -0.2) is 131 Å². The van der Waals surface area contributed by atoms with Gasteiger partial charge in [-0.1, -0.05) is 0 Å². The minimum Gasteiger partial charge on any atom is -0.381 e. The maximum absolute atomic E-state index is 14.8. The molecule has 14 nitrogen and oxygen atoms in total. The van der Waals surface area contributed by atoms with Crippen LogP contribution in [0, 0.1) is 17.8 Å². The summed E-state index contributed by atoms with van der Waals surface area (Å²) in [7, 11) is -10.3. The van der Waals surface area contributed by atoms with E-state index in [0.717, 1.165) is 25.4 Å². The van der Waals surface area contributed by atoms with Gasteiger partial charge < -0.3 is 23.7 Å². The third-order valence-corrected chi connectivity index (χ3v) is 12.3. The van der Waals surface area contributed by atoms with Gasteiger partial charge in [-0.2, -0.15) is 4.31 Å². The maximum Gasteiger partial charge on any atom is 0.211 e. The standard InChI is InChI=1S/C27H49N2O12S3/c1-42(31,32)15-14-40-25-16-21(7-12-38-25)27(30,19-28-43(2,33)34)22-8-13-39-26(17-22)41-23-4-9-29(44(3,35)36)24(18-23)20-5-10-37-11-6-20/h20-26,28H,4-19H2,1-3H3. The highest BCUT2D eigenvalue weighted by Crippen LogP contribution is 2.42. The summed E-state index contributed by atoms with van der Waals surface area (Å²) >= 11 is 0. The molecule has 4 fully saturated rings. The van der Waals surface area contributed by atoms with Crippen LogP contribution in [0.2, 0.25) is 0 Å². The number of sulfone groups is 1. The largest absolute Gasteiger partial charge is 0.381 e. The minimum atomic E-state index is -3.65. The average molecular weight is 690 g/mol. The normalized spacial score (nSPS) is 33.5. The van der Waals surface area contributed by atoms with Crippen LogP contribution in [-0.2, 0) is 58.7 Å². The molecule has 4 aliphatic rings. The molecule has 4 saturated heterocycles. The lowest BCUT2D eigenvalue weighted by Crippen LogP contribution is -2.57. The predicted molar refractivity (Wildman–Crippen MR) is 160 cm³/mol. The number of ether oxygens (including phenoxy) is 5. The Hall–Kier alpha value is -0.470. The van der Waals surface area contributed by atoms with Gasteiger partial charge in [-0.05, 0) is 56.3 Å². The van der Waals surface area contributed by atoms with E-state index in [1.807, 2.05) is 0 Å². The molecule has 17 heteroatoms. The maximum atomic E-state index is 14.8. The Morgan fingerprint density at radius 1 is 0.818 bits per heavy atom. The fraction of sp³-hybridized carbons (Fsp3) is 1.00. The van der Waals surface area contributed by atoms with Crippen LogP contribution < -0.4 is 4.72 Å². The monoisotopic (exact) mass is 689 g/mol. The van der Waals surface area contributed by atoms with E-state index in [1.54, 1.807) is 4.31 Å². The van der Waals surface area contributed by atoms with Crippen molar-refractivity contribution in [2.24, 2.45) is 17.8 Å². The van der Waals surface area contributed by atoms with Crippen molar-refractivity contribution in [2.45, 2.75) is 81.7 Å². The molecule has 0 aromatic rings. The molecule has 0 aromatic carbocycles. The molecule has 0 bridgehead atoms. The quantitative estimate of drug-likeness (QED) is 0.284. The zero-order valence-corrected chi connectivity index (χ0v) is 28.4. The van der Waals surface area contributed by atoms with Crippen molar-refractivity contribution >= 4 is 29.9 Å². The van der Waals surface area contributed by atoms with Crippen molar-refractivity contribution in [1.82, 2.24) is 9.03 Å². The van der Waals surface area contributed by atoms with Gasteiger partial charge in [0, 0.05) is 51.4 Å². The van der Waals surface area contributed by atoms with Gasteiger partial charge in [0.15, 0.2) is 12.6 Å². The topological polar surface area (TPSA) is 184 Å². The first-order valence-corrected chi connectivity index (χ1v) is 21.2. The number of sulfonamides is 2.